The van der Waals surface area contributed by atoms with Gasteiger partial charge in [0.25, 0.3) is 0 Å². The largest absolute Gasteiger partial charge is 0.307 e. The smallest absolute Gasteiger partial charge is 0.0294 e. The van der Waals surface area contributed by atoms with Crippen molar-refractivity contribution >= 4 is 11.8 Å². The van der Waals surface area contributed by atoms with Crippen LogP contribution >= 0.6 is 11.8 Å². The quantitative estimate of drug-likeness (QED) is 0.865. The molecule has 3 unspecified atom stereocenters. The molecule has 1 fully saturated rings. The Morgan fingerprint density at radius 3 is 2.71 bits per heavy atom. The number of benzene rings is 1. The fraction of sp³-hybridized carbons (Fsp3) is 0.600. The van der Waals surface area contributed by atoms with Gasteiger partial charge in [-0.05, 0) is 38.0 Å². The van der Waals surface area contributed by atoms with Crippen molar-refractivity contribution in [1.82, 2.24) is 5.32 Å². The molecule has 0 radical (unpaired) electrons. The summed E-state index contributed by atoms with van der Waals surface area (Å²) in [4.78, 5) is 0. The lowest BCUT2D eigenvalue weighted by Crippen LogP contribution is -2.36. The van der Waals surface area contributed by atoms with Gasteiger partial charge in [0.1, 0.15) is 0 Å². The third-order valence-electron chi connectivity index (χ3n) is 3.74. The molecule has 1 aliphatic carbocycles. The zero-order valence-corrected chi connectivity index (χ0v) is 11.7. The van der Waals surface area contributed by atoms with E-state index in [0.29, 0.717) is 12.1 Å². The average molecular weight is 249 g/mol. The van der Waals surface area contributed by atoms with E-state index in [0.717, 1.165) is 5.25 Å². The minimum Gasteiger partial charge on any atom is -0.307 e. The lowest BCUT2D eigenvalue weighted by molar-refractivity contribution is 0.353. The van der Waals surface area contributed by atoms with Gasteiger partial charge in [0.05, 0.1) is 0 Å². The molecule has 94 valence electrons. The Labute approximate surface area is 109 Å². The molecule has 0 heterocycles. The van der Waals surface area contributed by atoms with Crippen LogP contribution in [0.3, 0.4) is 0 Å². The fourth-order valence-corrected chi connectivity index (χ4v) is 3.53. The summed E-state index contributed by atoms with van der Waals surface area (Å²) in [5, 5.41) is 4.65. The maximum Gasteiger partial charge on any atom is 0.0294 e. The zero-order chi connectivity index (χ0) is 12.1. The van der Waals surface area contributed by atoms with E-state index in [-0.39, 0.29) is 0 Å². The van der Waals surface area contributed by atoms with Gasteiger partial charge in [-0.25, -0.2) is 0 Å². The molecular formula is C15H23NS. The van der Waals surface area contributed by atoms with Gasteiger partial charge in [-0.3, -0.25) is 0 Å². The first-order valence-electron chi connectivity index (χ1n) is 6.63. The molecular weight excluding hydrogens is 226 g/mol. The molecule has 2 heteroatoms. The summed E-state index contributed by atoms with van der Waals surface area (Å²) in [5.74, 6) is 0. The highest BCUT2D eigenvalue weighted by Gasteiger charge is 2.22. The molecule has 1 aliphatic rings. The predicted molar refractivity (Wildman–Crippen MR) is 77.6 cm³/mol. The van der Waals surface area contributed by atoms with E-state index in [2.05, 4.69) is 48.8 Å². The van der Waals surface area contributed by atoms with Crippen molar-refractivity contribution in [3.63, 3.8) is 0 Å². The minimum atomic E-state index is 0.474. The van der Waals surface area contributed by atoms with Gasteiger partial charge in [-0.2, -0.15) is 11.8 Å². The van der Waals surface area contributed by atoms with Crippen LogP contribution in [-0.2, 0) is 0 Å². The van der Waals surface area contributed by atoms with E-state index in [1.165, 1.54) is 31.2 Å². The molecule has 3 atom stereocenters. The van der Waals surface area contributed by atoms with Crippen molar-refractivity contribution in [2.24, 2.45) is 0 Å². The molecule has 0 bridgehead atoms. The summed E-state index contributed by atoms with van der Waals surface area (Å²) in [6, 6.07) is 11.9. The first kappa shape index (κ1) is 13.0. The van der Waals surface area contributed by atoms with Gasteiger partial charge in [0, 0.05) is 17.3 Å². The predicted octanol–water partition coefficient (Wildman–Crippen LogP) is 4.01. The van der Waals surface area contributed by atoms with Crippen LogP contribution < -0.4 is 5.32 Å². The highest BCUT2D eigenvalue weighted by molar-refractivity contribution is 7.99. The van der Waals surface area contributed by atoms with Gasteiger partial charge in [-0.15, -0.1) is 0 Å². The normalized spacial score (nSPS) is 26.7. The summed E-state index contributed by atoms with van der Waals surface area (Å²) in [6.07, 6.45) is 7.70. The van der Waals surface area contributed by atoms with Gasteiger partial charge in [0.15, 0.2) is 0 Å². The molecule has 0 amide bonds. The molecule has 1 aromatic carbocycles. The van der Waals surface area contributed by atoms with Crippen molar-refractivity contribution in [1.29, 1.82) is 0 Å². The summed E-state index contributed by atoms with van der Waals surface area (Å²) >= 11 is 2.03. The summed E-state index contributed by atoms with van der Waals surface area (Å²) < 4.78 is 0. The second-order valence-corrected chi connectivity index (χ2v) is 6.16. The monoisotopic (exact) mass is 249 g/mol. The minimum absolute atomic E-state index is 0.474. The fourth-order valence-electron chi connectivity index (χ4n) is 2.70. The Morgan fingerprint density at radius 1 is 1.24 bits per heavy atom. The number of hydrogen-bond donors (Lipinski definition) is 1. The van der Waals surface area contributed by atoms with Crippen LogP contribution in [0.15, 0.2) is 30.3 Å². The van der Waals surface area contributed by atoms with Crippen LogP contribution in [-0.4, -0.2) is 17.5 Å². The van der Waals surface area contributed by atoms with Crippen molar-refractivity contribution in [3.8, 4) is 0 Å². The van der Waals surface area contributed by atoms with Crippen LogP contribution in [0.2, 0.25) is 0 Å². The maximum atomic E-state index is 3.79. The number of rotatable bonds is 4. The third kappa shape index (κ3) is 3.75. The molecule has 1 saturated carbocycles. The average Bonchev–Trinajstić information content (AvgIpc) is 2.40. The lowest BCUT2D eigenvalue weighted by Gasteiger charge is -2.31. The van der Waals surface area contributed by atoms with Gasteiger partial charge >= 0.3 is 0 Å². The summed E-state index contributed by atoms with van der Waals surface area (Å²) in [6.45, 7) is 2.28. The summed E-state index contributed by atoms with van der Waals surface area (Å²) in [5.41, 5.74) is 1.40. The Hall–Kier alpha value is -0.470. The Bertz CT molecular complexity index is 325. The van der Waals surface area contributed by atoms with Crippen molar-refractivity contribution < 1.29 is 0 Å². The number of nitrogens with one attached hydrogen (secondary N) is 1. The lowest BCUT2D eigenvalue weighted by atomic mass is 9.93. The van der Waals surface area contributed by atoms with E-state index in [1.54, 1.807) is 0 Å². The van der Waals surface area contributed by atoms with Gasteiger partial charge in [-0.1, -0.05) is 36.8 Å². The zero-order valence-electron chi connectivity index (χ0n) is 10.9. The first-order chi connectivity index (χ1) is 8.29. The molecule has 0 aromatic heterocycles. The number of thioether (sulfide) groups is 1. The molecule has 1 aromatic rings. The highest BCUT2D eigenvalue weighted by Crippen LogP contribution is 2.28. The van der Waals surface area contributed by atoms with E-state index in [1.807, 2.05) is 11.8 Å². The Balaban J connectivity index is 1.88. The van der Waals surface area contributed by atoms with Gasteiger partial charge < -0.3 is 5.32 Å². The maximum absolute atomic E-state index is 3.79. The van der Waals surface area contributed by atoms with Crippen LogP contribution in [0.4, 0.5) is 0 Å². The third-order valence-corrected chi connectivity index (χ3v) is 4.84. The van der Waals surface area contributed by atoms with E-state index in [9.17, 15) is 0 Å². The highest BCUT2D eigenvalue weighted by atomic mass is 32.2. The van der Waals surface area contributed by atoms with Crippen molar-refractivity contribution in [2.75, 3.05) is 6.26 Å². The molecule has 0 aliphatic heterocycles. The first-order valence-corrected chi connectivity index (χ1v) is 7.92. The standard InChI is InChI=1S/C15H23NS/c1-12(13-7-4-3-5-8-13)16-14-9-6-10-15(11-14)17-2/h3-5,7-8,12,14-16H,6,9-11H2,1-2H3. The number of hydrogen-bond acceptors (Lipinski definition) is 2. The van der Waals surface area contributed by atoms with Crippen LogP contribution in [0.1, 0.15) is 44.2 Å². The summed E-state index contributed by atoms with van der Waals surface area (Å²) in [7, 11) is 0. The van der Waals surface area contributed by atoms with Crippen LogP contribution in [0.5, 0.6) is 0 Å². The van der Waals surface area contributed by atoms with E-state index < -0.39 is 0 Å². The van der Waals surface area contributed by atoms with Crippen molar-refractivity contribution in [3.05, 3.63) is 35.9 Å². The second-order valence-electron chi connectivity index (χ2n) is 5.02. The van der Waals surface area contributed by atoms with Crippen LogP contribution in [0, 0.1) is 0 Å². The molecule has 0 saturated heterocycles. The van der Waals surface area contributed by atoms with Crippen molar-refractivity contribution in [2.45, 2.75) is 49.9 Å². The Kier molecular flexibility index (Phi) is 4.93. The van der Waals surface area contributed by atoms with Gasteiger partial charge in [0.2, 0.25) is 0 Å². The topological polar surface area (TPSA) is 12.0 Å². The SMILES string of the molecule is CSC1CCCC(NC(C)c2ccccc2)C1. The molecule has 1 nitrogen and oxygen atoms in total. The molecule has 0 spiro atoms. The van der Waals surface area contributed by atoms with Crippen LogP contribution in [0.25, 0.3) is 0 Å². The molecule has 2 rings (SSSR count). The molecule has 1 N–H and O–H groups in total. The molecule has 17 heavy (non-hydrogen) atoms. The Morgan fingerprint density at radius 2 is 2.00 bits per heavy atom. The van der Waals surface area contributed by atoms with E-state index >= 15 is 0 Å². The second kappa shape index (κ2) is 6.46. The van der Waals surface area contributed by atoms with E-state index in [4.69, 9.17) is 0 Å².